The van der Waals surface area contributed by atoms with E-state index in [4.69, 9.17) is 5.73 Å². The number of anilines is 1. The summed E-state index contributed by atoms with van der Waals surface area (Å²) >= 11 is 1.86. The number of hydrogen-bond donors (Lipinski definition) is 2. The van der Waals surface area contributed by atoms with Crippen molar-refractivity contribution in [2.24, 2.45) is 5.73 Å². The fraction of sp³-hybridized carbons (Fsp3) is 0.350. The van der Waals surface area contributed by atoms with Gasteiger partial charge in [-0.1, -0.05) is 44.2 Å². The summed E-state index contributed by atoms with van der Waals surface area (Å²) in [7, 11) is 0. The largest absolute Gasteiger partial charge is 0.326 e. The number of rotatable bonds is 7. The smallest absolute Gasteiger partial charge is 0.226 e. The van der Waals surface area contributed by atoms with Crippen molar-refractivity contribution in [1.82, 2.24) is 0 Å². The first kappa shape index (κ1) is 21.6. The van der Waals surface area contributed by atoms with Gasteiger partial charge in [-0.05, 0) is 42.7 Å². The Hall–Kier alpha value is -1.49. The predicted molar refractivity (Wildman–Crippen MR) is 111 cm³/mol. The van der Waals surface area contributed by atoms with Crippen molar-refractivity contribution in [1.29, 1.82) is 0 Å². The van der Waals surface area contributed by atoms with Gasteiger partial charge in [0.15, 0.2) is 0 Å². The van der Waals surface area contributed by atoms with Gasteiger partial charge < -0.3 is 11.1 Å². The van der Waals surface area contributed by atoms with Crippen LogP contribution in [0.25, 0.3) is 0 Å². The number of carbonyl (C=O) groups is 1. The minimum atomic E-state index is -0.285. The lowest BCUT2D eigenvalue weighted by Crippen LogP contribution is -2.20. The van der Waals surface area contributed by atoms with Gasteiger partial charge in [0, 0.05) is 28.3 Å². The Labute approximate surface area is 161 Å². The van der Waals surface area contributed by atoms with Crippen LogP contribution in [-0.4, -0.2) is 11.2 Å². The molecule has 0 saturated heterocycles. The minimum Gasteiger partial charge on any atom is -0.326 e. The van der Waals surface area contributed by atoms with Crippen LogP contribution in [-0.2, 0) is 4.79 Å². The monoisotopic (exact) mass is 378 g/mol. The SMILES string of the molecule is CCC(C)Sc1ccc(NC(=O)CC(N)c2ccccc2)c(C)c1.Cl. The van der Waals surface area contributed by atoms with Crippen molar-refractivity contribution < 1.29 is 4.79 Å². The van der Waals surface area contributed by atoms with Crippen LogP contribution in [0.3, 0.4) is 0 Å². The molecule has 3 nitrogen and oxygen atoms in total. The van der Waals surface area contributed by atoms with Gasteiger partial charge in [-0.2, -0.15) is 0 Å². The van der Waals surface area contributed by atoms with Crippen molar-refractivity contribution in [2.75, 3.05) is 5.32 Å². The summed E-state index contributed by atoms with van der Waals surface area (Å²) in [6, 6.07) is 15.6. The maximum atomic E-state index is 12.3. The number of aryl methyl sites for hydroxylation is 1. The van der Waals surface area contributed by atoms with Crippen molar-refractivity contribution in [2.45, 2.75) is 49.8 Å². The first-order valence-electron chi connectivity index (χ1n) is 8.37. The third-order valence-electron chi connectivity index (χ3n) is 4.02. The number of nitrogens with one attached hydrogen (secondary N) is 1. The Morgan fingerprint density at radius 1 is 1.20 bits per heavy atom. The van der Waals surface area contributed by atoms with Crippen molar-refractivity contribution in [3.05, 3.63) is 59.7 Å². The first-order chi connectivity index (χ1) is 11.5. The highest BCUT2D eigenvalue weighted by Crippen LogP contribution is 2.28. The molecule has 0 fully saturated rings. The van der Waals surface area contributed by atoms with Crippen molar-refractivity contribution in [3.63, 3.8) is 0 Å². The molecule has 0 aromatic heterocycles. The highest BCUT2D eigenvalue weighted by Gasteiger charge is 2.13. The summed E-state index contributed by atoms with van der Waals surface area (Å²) < 4.78 is 0. The molecule has 136 valence electrons. The zero-order valence-electron chi connectivity index (χ0n) is 15.0. The molecule has 0 radical (unpaired) electrons. The average molecular weight is 379 g/mol. The molecule has 0 aliphatic carbocycles. The Morgan fingerprint density at radius 2 is 1.88 bits per heavy atom. The van der Waals surface area contributed by atoms with E-state index in [1.807, 2.05) is 55.1 Å². The van der Waals surface area contributed by atoms with Gasteiger partial charge in [0.1, 0.15) is 0 Å². The molecule has 2 atom stereocenters. The molecule has 0 spiro atoms. The summed E-state index contributed by atoms with van der Waals surface area (Å²) in [5.74, 6) is -0.0585. The van der Waals surface area contributed by atoms with Gasteiger partial charge >= 0.3 is 0 Å². The van der Waals surface area contributed by atoms with E-state index in [9.17, 15) is 4.79 Å². The van der Waals surface area contributed by atoms with Crippen LogP contribution in [0.15, 0.2) is 53.4 Å². The Balaban J connectivity index is 0.00000312. The number of nitrogens with two attached hydrogens (primary N) is 1. The molecule has 25 heavy (non-hydrogen) atoms. The van der Waals surface area contributed by atoms with Gasteiger partial charge in [0.05, 0.1) is 0 Å². The average Bonchev–Trinajstić information content (AvgIpc) is 2.58. The van der Waals surface area contributed by atoms with E-state index < -0.39 is 0 Å². The molecule has 5 heteroatoms. The number of benzene rings is 2. The molecule has 0 aliphatic heterocycles. The standard InChI is InChI=1S/C20H26N2OS.ClH/c1-4-15(3)24-17-10-11-19(14(2)12-17)22-20(23)13-18(21)16-8-6-5-7-9-16;/h5-12,15,18H,4,13,21H2,1-3H3,(H,22,23);1H. The summed E-state index contributed by atoms with van der Waals surface area (Å²) in [4.78, 5) is 13.5. The number of amides is 1. The molecular formula is C20H27ClN2OS. The minimum absolute atomic E-state index is 0. The molecule has 0 heterocycles. The number of thioether (sulfide) groups is 1. The second-order valence-corrected chi connectivity index (χ2v) is 7.59. The summed E-state index contributed by atoms with van der Waals surface area (Å²) in [6.07, 6.45) is 1.41. The summed E-state index contributed by atoms with van der Waals surface area (Å²) in [5.41, 5.74) is 9.02. The lowest BCUT2D eigenvalue weighted by molar-refractivity contribution is -0.116. The van der Waals surface area contributed by atoms with Crippen LogP contribution < -0.4 is 11.1 Å². The van der Waals surface area contributed by atoms with E-state index >= 15 is 0 Å². The summed E-state index contributed by atoms with van der Waals surface area (Å²) in [6.45, 7) is 6.43. The number of carbonyl (C=O) groups excluding carboxylic acids is 1. The molecule has 2 aromatic rings. The maximum Gasteiger partial charge on any atom is 0.226 e. The van der Waals surface area contributed by atoms with E-state index in [1.54, 1.807) is 0 Å². The normalized spacial score (nSPS) is 12.8. The molecule has 2 unspecified atom stereocenters. The third kappa shape index (κ3) is 6.73. The molecule has 2 rings (SSSR count). The topological polar surface area (TPSA) is 55.1 Å². The number of hydrogen-bond acceptors (Lipinski definition) is 3. The van der Waals surface area contributed by atoms with Gasteiger partial charge in [-0.3, -0.25) is 4.79 Å². The van der Waals surface area contributed by atoms with Gasteiger partial charge in [-0.15, -0.1) is 24.2 Å². The van der Waals surface area contributed by atoms with E-state index in [1.165, 1.54) is 4.90 Å². The molecule has 2 aromatic carbocycles. The first-order valence-corrected chi connectivity index (χ1v) is 9.25. The second kappa shape index (κ2) is 10.5. The fourth-order valence-electron chi connectivity index (χ4n) is 2.38. The van der Waals surface area contributed by atoms with E-state index in [2.05, 4.69) is 31.3 Å². The molecule has 0 aliphatic rings. The molecule has 3 N–H and O–H groups in total. The van der Waals surface area contributed by atoms with Crippen LogP contribution in [0, 0.1) is 6.92 Å². The molecule has 1 amide bonds. The van der Waals surface area contributed by atoms with Crippen LogP contribution in [0.2, 0.25) is 0 Å². The van der Waals surface area contributed by atoms with Crippen LogP contribution in [0.1, 0.15) is 43.9 Å². The van der Waals surface area contributed by atoms with Crippen LogP contribution in [0.4, 0.5) is 5.69 Å². The lowest BCUT2D eigenvalue weighted by atomic mass is 10.0. The van der Waals surface area contributed by atoms with E-state index in [-0.39, 0.29) is 30.8 Å². The van der Waals surface area contributed by atoms with Crippen LogP contribution >= 0.6 is 24.2 Å². The predicted octanol–water partition coefficient (Wildman–Crippen LogP) is 5.34. The molecule has 0 saturated carbocycles. The quantitative estimate of drug-likeness (QED) is 0.639. The van der Waals surface area contributed by atoms with Gasteiger partial charge in [0.25, 0.3) is 0 Å². The molecular weight excluding hydrogens is 352 g/mol. The van der Waals surface area contributed by atoms with Crippen molar-refractivity contribution >= 4 is 35.8 Å². The zero-order valence-corrected chi connectivity index (χ0v) is 16.6. The third-order valence-corrected chi connectivity index (χ3v) is 5.28. The highest BCUT2D eigenvalue weighted by molar-refractivity contribution is 7.99. The van der Waals surface area contributed by atoms with Gasteiger partial charge in [-0.25, -0.2) is 0 Å². The molecule has 0 bridgehead atoms. The Bertz CT molecular complexity index is 679. The van der Waals surface area contributed by atoms with Crippen LogP contribution in [0.5, 0.6) is 0 Å². The van der Waals surface area contributed by atoms with Gasteiger partial charge in [0.2, 0.25) is 5.91 Å². The maximum absolute atomic E-state index is 12.3. The summed E-state index contributed by atoms with van der Waals surface area (Å²) in [5, 5.41) is 3.57. The highest BCUT2D eigenvalue weighted by atomic mass is 35.5. The fourth-order valence-corrected chi connectivity index (χ4v) is 3.41. The Morgan fingerprint density at radius 3 is 2.48 bits per heavy atom. The number of halogens is 1. The van der Waals surface area contributed by atoms with E-state index in [0.29, 0.717) is 5.25 Å². The zero-order chi connectivity index (χ0) is 17.5. The lowest BCUT2D eigenvalue weighted by Gasteiger charge is -2.14. The second-order valence-electron chi connectivity index (χ2n) is 6.08. The van der Waals surface area contributed by atoms with Crippen molar-refractivity contribution in [3.8, 4) is 0 Å². The van der Waals surface area contributed by atoms with E-state index in [0.717, 1.165) is 23.2 Å². The Kier molecular flexibility index (Phi) is 9.04.